The lowest BCUT2D eigenvalue weighted by Gasteiger charge is -2.17. The van der Waals surface area contributed by atoms with Crippen LogP contribution < -0.4 is 5.32 Å². The van der Waals surface area contributed by atoms with Crippen molar-refractivity contribution in [1.29, 1.82) is 0 Å². The number of aliphatic hydroxyl groups excluding tert-OH is 1. The maximum atomic E-state index is 11.9. The average molecular weight is 331 g/mol. The molecule has 4 nitrogen and oxygen atoms in total. The molecule has 2 atom stereocenters. The first-order valence-corrected chi connectivity index (χ1v) is 7.75. The van der Waals surface area contributed by atoms with Crippen LogP contribution in [0.4, 0.5) is 0 Å². The van der Waals surface area contributed by atoms with E-state index >= 15 is 0 Å². The van der Waals surface area contributed by atoms with Crippen LogP contribution >= 0.6 is 11.6 Å². The normalized spacial score (nSPS) is 13.7. The van der Waals surface area contributed by atoms with E-state index in [0.29, 0.717) is 11.6 Å². The Morgan fingerprint density at radius 1 is 1.35 bits per heavy atom. The van der Waals surface area contributed by atoms with Crippen molar-refractivity contribution >= 4 is 23.6 Å². The standard InChI is InChI=1S/C18H19ClN2O2/c1-13(11-16(22)15-5-3-2-4-6-15)21-18(23)8-7-14-9-10-20-17(19)12-14/h2-10,12-13,16,22H,11H2,1H3,(H,21,23)/b8-7+. The van der Waals surface area contributed by atoms with Crippen LogP contribution in [-0.2, 0) is 4.79 Å². The number of hydrogen-bond acceptors (Lipinski definition) is 3. The van der Waals surface area contributed by atoms with Crippen LogP contribution in [0.5, 0.6) is 0 Å². The van der Waals surface area contributed by atoms with E-state index in [1.165, 1.54) is 6.08 Å². The molecule has 120 valence electrons. The molecule has 0 saturated heterocycles. The molecule has 0 spiro atoms. The fraction of sp³-hybridized carbons (Fsp3) is 0.222. The summed E-state index contributed by atoms with van der Waals surface area (Å²) < 4.78 is 0. The third kappa shape index (κ3) is 5.85. The van der Waals surface area contributed by atoms with E-state index in [-0.39, 0.29) is 11.9 Å². The largest absolute Gasteiger partial charge is 0.388 e. The molecule has 1 heterocycles. The highest BCUT2D eigenvalue weighted by atomic mass is 35.5. The molecule has 0 saturated carbocycles. The number of benzene rings is 1. The fourth-order valence-electron chi connectivity index (χ4n) is 2.19. The number of halogens is 1. The Morgan fingerprint density at radius 2 is 2.09 bits per heavy atom. The van der Waals surface area contributed by atoms with Gasteiger partial charge in [-0.1, -0.05) is 41.9 Å². The maximum Gasteiger partial charge on any atom is 0.244 e. The van der Waals surface area contributed by atoms with Gasteiger partial charge in [-0.3, -0.25) is 4.79 Å². The fourth-order valence-corrected chi connectivity index (χ4v) is 2.37. The predicted octanol–water partition coefficient (Wildman–Crippen LogP) is 3.38. The smallest absolute Gasteiger partial charge is 0.244 e. The summed E-state index contributed by atoms with van der Waals surface area (Å²) in [6.45, 7) is 1.86. The van der Waals surface area contributed by atoms with Gasteiger partial charge in [-0.05, 0) is 42.7 Å². The lowest BCUT2D eigenvalue weighted by atomic mass is 10.0. The molecule has 2 N–H and O–H groups in total. The van der Waals surface area contributed by atoms with Gasteiger partial charge in [0.2, 0.25) is 5.91 Å². The van der Waals surface area contributed by atoms with Crippen LogP contribution in [0, 0.1) is 0 Å². The summed E-state index contributed by atoms with van der Waals surface area (Å²) >= 11 is 5.79. The van der Waals surface area contributed by atoms with Crippen LogP contribution in [0.3, 0.4) is 0 Å². The molecular formula is C18H19ClN2O2. The van der Waals surface area contributed by atoms with Crippen LogP contribution in [0.1, 0.15) is 30.6 Å². The second-order valence-electron chi connectivity index (χ2n) is 5.32. The summed E-state index contributed by atoms with van der Waals surface area (Å²) in [6.07, 6.45) is 4.54. The summed E-state index contributed by atoms with van der Waals surface area (Å²) in [5.74, 6) is -0.217. The van der Waals surface area contributed by atoms with E-state index in [1.807, 2.05) is 37.3 Å². The minimum Gasteiger partial charge on any atom is -0.388 e. The first kappa shape index (κ1) is 17.2. The zero-order valence-corrected chi connectivity index (χ0v) is 13.6. The number of nitrogens with one attached hydrogen (secondary N) is 1. The molecule has 0 aliphatic carbocycles. The Balaban J connectivity index is 1.85. The first-order chi connectivity index (χ1) is 11.0. The van der Waals surface area contributed by atoms with Crippen molar-refractivity contribution < 1.29 is 9.90 Å². The first-order valence-electron chi connectivity index (χ1n) is 7.38. The maximum absolute atomic E-state index is 11.9. The summed E-state index contributed by atoms with van der Waals surface area (Å²) in [5, 5.41) is 13.4. The van der Waals surface area contributed by atoms with Crippen molar-refractivity contribution in [3.63, 3.8) is 0 Å². The number of aromatic nitrogens is 1. The van der Waals surface area contributed by atoms with Gasteiger partial charge in [0.05, 0.1) is 6.10 Å². The number of aliphatic hydroxyl groups is 1. The Bertz CT molecular complexity index is 674. The zero-order chi connectivity index (χ0) is 16.7. The lowest BCUT2D eigenvalue weighted by molar-refractivity contribution is -0.117. The van der Waals surface area contributed by atoms with Crippen molar-refractivity contribution in [3.8, 4) is 0 Å². The Hall–Kier alpha value is -2.17. The van der Waals surface area contributed by atoms with Crippen LogP contribution in [0.25, 0.3) is 6.08 Å². The van der Waals surface area contributed by atoms with E-state index in [1.54, 1.807) is 24.4 Å². The number of pyridine rings is 1. The minimum atomic E-state index is -0.602. The topological polar surface area (TPSA) is 62.2 Å². The number of rotatable bonds is 6. The van der Waals surface area contributed by atoms with Crippen LogP contribution in [0.2, 0.25) is 5.15 Å². The quantitative estimate of drug-likeness (QED) is 0.630. The molecule has 2 aromatic rings. The van der Waals surface area contributed by atoms with Gasteiger partial charge in [-0.2, -0.15) is 0 Å². The van der Waals surface area contributed by atoms with Gasteiger partial charge in [0.25, 0.3) is 0 Å². The van der Waals surface area contributed by atoms with Crippen molar-refractivity contribution in [2.24, 2.45) is 0 Å². The number of carbonyl (C=O) groups excluding carboxylic acids is 1. The van der Waals surface area contributed by atoms with Gasteiger partial charge in [0.15, 0.2) is 0 Å². The van der Waals surface area contributed by atoms with Gasteiger partial charge in [-0.25, -0.2) is 4.98 Å². The van der Waals surface area contributed by atoms with E-state index in [2.05, 4.69) is 10.3 Å². The van der Waals surface area contributed by atoms with E-state index in [4.69, 9.17) is 11.6 Å². The number of hydrogen-bond donors (Lipinski definition) is 2. The zero-order valence-electron chi connectivity index (χ0n) is 12.8. The number of nitrogens with zero attached hydrogens (tertiary/aromatic N) is 1. The Labute approximate surface area is 140 Å². The number of amides is 1. The highest BCUT2D eigenvalue weighted by molar-refractivity contribution is 6.29. The van der Waals surface area contributed by atoms with Gasteiger partial charge >= 0.3 is 0 Å². The minimum absolute atomic E-state index is 0.150. The summed E-state index contributed by atoms with van der Waals surface area (Å²) in [7, 11) is 0. The van der Waals surface area contributed by atoms with Gasteiger partial charge in [0, 0.05) is 18.3 Å². The van der Waals surface area contributed by atoms with E-state index in [9.17, 15) is 9.90 Å². The molecule has 1 amide bonds. The van der Waals surface area contributed by atoms with Crippen LogP contribution in [-0.4, -0.2) is 22.0 Å². The van der Waals surface area contributed by atoms with Gasteiger partial charge in [0.1, 0.15) is 5.15 Å². The molecule has 0 fully saturated rings. The summed E-state index contributed by atoms with van der Waals surface area (Å²) in [5.41, 5.74) is 1.65. The van der Waals surface area contributed by atoms with Crippen molar-refractivity contribution in [2.45, 2.75) is 25.5 Å². The summed E-state index contributed by atoms with van der Waals surface area (Å²) in [4.78, 5) is 15.8. The van der Waals surface area contributed by atoms with Gasteiger partial charge < -0.3 is 10.4 Å². The molecule has 1 aromatic carbocycles. The molecule has 2 rings (SSSR count). The van der Waals surface area contributed by atoms with Crippen molar-refractivity contribution in [3.05, 3.63) is 71.0 Å². The summed E-state index contributed by atoms with van der Waals surface area (Å²) in [6, 6.07) is 12.7. The van der Waals surface area contributed by atoms with Crippen molar-refractivity contribution in [1.82, 2.24) is 10.3 Å². The average Bonchev–Trinajstić information content (AvgIpc) is 2.53. The third-order valence-electron chi connectivity index (χ3n) is 3.33. The molecule has 1 aromatic heterocycles. The van der Waals surface area contributed by atoms with Crippen molar-refractivity contribution in [2.75, 3.05) is 0 Å². The second kappa shape index (κ2) is 8.46. The van der Waals surface area contributed by atoms with E-state index < -0.39 is 6.10 Å². The molecule has 0 radical (unpaired) electrons. The third-order valence-corrected chi connectivity index (χ3v) is 3.53. The van der Waals surface area contributed by atoms with Gasteiger partial charge in [-0.15, -0.1) is 0 Å². The Kier molecular flexibility index (Phi) is 6.32. The molecule has 23 heavy (non-hydrogen) atoms. The SMILES string of the molecule is CC(CC(O)c1ccccc1)NC(=O)/C=C/c1ccnc(Cl)c1. The number of carbonyl (C=O) groups is 1. The lowest BCUT2D eigenvalue weighted by Crippen LogP contribution is -2.32. The Morgan fingerprint density at radius 3 is 2.78 bits per heavy atom. The molecule has 5 heteroatoms. The highest BCUT2D eigenvalue weighted by Gasteiger charge is 2.13. The molecular weight excluding hydrogens is 312 g/mol. The highest BCUT2D eigenvalue weighted by Crippen LogP contribution is 2.17. The molecule has 0 bridgehead atoms. The molecule has 0 aliphatic heterocycles. The predicted molar refractivity (Wildman–Crippen MR) is 91.9 cm³/mol. The second-order valence-corrected chi connectivity index (χ2v) is 5.70. The monoisotopic (exact) mass is 330 g/mol. The molecule has 0 aliphatic rings. The van der Waals surface area contributed by atoms with Crippen LogP contribution in [0.15, 0.2) is 54.7 Å². The van der Waals surface area contributed by atoms with E-state index in [0.717, 1.165) is 11.1 Å². The molecule has 2 unspecified atom stereocenters.